The predicted molar refractivity (Wildman–Crippen MR) is 94.4 cm³/mol. The monoisotopic (exact) mass is 350 g/mol. The van der Waals surface area contributed by atoms with Crippen LogP contribution in [0.1, 0.15) is 0 Å². The number of carbonyl (C=O) groups excluding carboxylic acids is 1. The van der Waals surface area contributed by atoms with Crippen molar-refractivity contribution in [2.24, 2.45) is 19.1 Å². The highest BCUT2D eigenvalue weighted by atomic mass is 32.2. The number of carbonyl (C=O) groups is 1. The van der Waals surface area contributed by atoms with Crippen LogP contribution in [0.2, 0.25) is 0 Å². The lowest BCUT2D eigenvalue weighted by Crippen LogP contribution is -2.38. The molecule has 128 valence electrons. The van der Waals surface area contributed by atoms with Crippen molar-refractivity contribution in [3.05, 3.63) is 39.2 Å². The number of hydrogen-bond donors (Lipinski definition) is 1. The van der Waals surface area contributed by atoms with Gasteiger partial charge in [0.2, 0.25) is 5.91 Å². The van der Waals surface area contributed by atoms with Crippen molar-refractivity contribution in [1.82, 2.24) is 24.0 Å². The largest absolute Gasteiger partial charge is 0.348 e. The van der Waals surface area contributed by atoms with Gasteiger partial charge in [-0.2, -0.15) is 0 Å². The molecular weight excluding hydrogens is 332 g/mol. The number of nitrogens with one attached hydrogen (secondary N) is 1. The Bertz CT molecular complexity index is 936. The molecule has 10 heteroatoms. The summed E-state index contributed by atoms with van der Waals surface area (Å²) in [5.41, 5.74) is -0.502. The van der Waals surface area contributed by atoms with Crippen molar-refractivity contribution in [3.63, 3.8) is 0 Å². The van der Waals surface area contributed by atoms with E-state index in [1.807, 2.05) is 0 Å². The molecule has 0 aliphatic heterocycles. The average Bonchev–Trinajstić information content (AvgIpc) is 2.98. The van der Waals surface area contributed by atoms with Crippen molar-refractivity contribution >= 4 is 33.9 Å². The Morgan fingerprint density at radius 3 is 2.75 bits per heavy atom. The quantitative estimate of drug-likeness (QED) is 0.576. The van der Waals surface area contributed by atoms with Gasteiger partial charge in [0.25, 0.3) is 5.56 Å². The molecule has 2 heterocycles. The van der Waals surface area contributed by atoms with E-state index >= 15 is 0 Å². The summed E-state index contributed by atoms with van der Waals surface area (Å²) in [7, 11) is 4.54. The van der Waals surface area contributed by atoms with Gasteiger partial charge in [0.15, 0.2) is 11.2 Å². The topological polar surface area (TPSA) is 103 Å². The molecule has 9 nitrogen and oxygen atoms in total. The van der Waals surface area contributed by atoms with Gasteiger partial charge in [0.1, 0.15) is 6.54 Å². The lowest BCUT2D eigenvalue weighted by Gasteiger charge is -2.08. The van der Waals surface area contributed by atoms with E-state index < -0.39 is 11.2 Å². The first-order valence-corrected chi connectivity index (χ1v) is 7.89. The molecule has 0 saturated carbocycles. The summed E-state index contributed by atoms with van der Waals surface area (Å²) in [6.07, 6.45) is 1.37. The molecule has 0 unspecified atom stereocenters. The highest BCUT2D eigenvalue weighted by molar-refractivity contribution is 8.16. The maximum atomic E-state index is 12.3. The Balaban J connectivity index is 2.25. The van der Waals surface area contributed by atoms with E-state index in [2.05, 4.69) is 21.9 Å². The number of nitrogens with zero attached hydrogens (tertiary/aromatic N) is 5. The minimum atomic E-state index is -0.489. The number of hydrogen-bond acceptors (Lipinski definition) is 6. The van der Waals surface area contributed by atoms with Crippen molar-refractivity contribution < 1.29 is 4.79 Å². The Morgan fingerprint density at radius 2 is 2.12 bits per heavy atom. The van der Waals surface area contributed by atoms with Gasteiger partial charge in [0.05, 0.1) is 17.9 Å². The van der Waals surface area contributed by atoms with E-state index in [1.54, 1.807) is 12.5 Å². The van der Waals surface area contributed by atoms with E-state index in [-0.39, 0.29) is 30.2 Å². The number of imidazole rings is 1. The predicted octanol–water partition coefficient (Wildman–Crippen LogP) is -0.545. The molecule has 0 spiro atoms. The number of aromatic nitrogens is 4. The zero-order chi connectivity index (χ0) is 17.9. The Hall–Kier alpha value is -2.62. The maximum absolute atomic E-state index is 12.3. The van der Waals surface area contributed by atoms with Crippen LogP contribution in [-0.2, 0) is 25.4 Å². The van der Waals surface area contributed by atoms with Crippen LogP contribution >= 0.6 is 11.8 Å². The number of thioether (sulfide) groups is 1. The lowest BCUT2D eigenvalue weighted by molar-refractivity contribution is -0.121. The van der Waals surface area contributed by atoms with Crippen molar-refractivity contribution in [3.8, 4) is 0 Å². The lowest BCUT2D eigenvalue weighted by atomic mass is 10.4. The van der Waals surface area contributed by atoms with E-state index in [9.17, 15) is 14.4 Å². The van der Waals surface area contributed by atoms with Crippen LogP contribution in [0.3, 0.4) is 0 Å². The Labute approximate surface area is 141 Å². The third kappa shape index (κ3) is 3.32. The fourth-order valence-corrected chi connectivity index (χ4v) is 2.62. The van der Waals surface area contributed by atoms with Crippen LogP contribution in [0.5, 0.6) is 0 Å². The highest BCUT2D eigenvalue weighted by Crippen LogP contribution is 2.06. The smallest absolute Gasteiger partial charge is 0.332 e. The fourth-order valence-electron chi connectivity index (χ4n) is 2.17. The van der Waals surface area contributed by atoms with E-state index in [0.717, 1.165) is 4.57 Å². The first-order valence-electron chi connectivity index (χ1n) is 7.01. The summed E-state index contributed by atoms with van der Waals surface area (Å²) in [5.74, 6) is -0.295. The summed E-state index contributed by atoms with van der Waals surface area (Å²) in [5, 5.41) is 5.06. The molecule has 0 saturated heterocycles. The molecule has 1 amide bonds. The SMILES string of the molecule is C=CS/C(CNC(=O)Cn1cnc2c1c(=O)n(C)c(=O)n2C)=N\C. The highest BCUT2D eigenvalue weighted by Gasteiger charge is 2.15. The molecule has 1 N–H and O–H groups in total. The van der Waals surface area contributed by atoms with Gasteiger partial charge in [-0.15, -0.1) is 0 Å². The molecular formula is C14H18N6O3S. The van der Waals surface area contributed by atoms with Gasteiger partial charge < -0.3 is 9.88 Å². The summed E-state index contributed by atoms with van der Waals surface area (Å²) >= 11 is 1.33. The van der Waals surface area contributed by atoms with Crippen LogP contribution < -0.4 is 16.6 Å². The normalized spacial score (nSPS) is 11.7. The second-order valence-corrected chi connectivity index (χ2v) is 5.97. The molecule has 0 atom stereocenters. The van der Waals surface area contributed by atoms with E-state index in [1.165, 1.54) is 41.3 Å². The van der Waals surface area contributed by atoms with Gasteiger partial charge in [-0.3, -0.25) is 23.7 Å². The number of aryl methyl sites for hydroxylation is 1. The van der Waals surface area contributed by atoms with E-state index in [0.29, 0.717) is 5.04 Å². The molecule has 0 aliphatic rings. The Kier molecular flexibility index (Phi) is 5.39. The van der Waals surface area contributed by atoms with Gasteiger partial charge in [0, 0.05) is 21.1 Å². The molecule has 2 aromatic rings. The zero-order valence-electron chi connectivity index (χ0n) is 13.6. The first kappa shape index (κ1) is 17.7. The molecule has 0 bridgehead atoms. The van der Waals surface area contributed by atoms with Gasteiger partial charge in [-0.05, 0) is 5.41 Å². The molecule has 2 rings (SSSR count). The van der Waals surface area contributed by atoms with Crippen LogP contribution in [0.15, 0.2) is 32.9 Å². The fraction of sp³-hybridized carbons (Fsp3) is 0.357. The van der Waals surface area contributed by atoms with Crippen molar-refractivity contribution in [1.29, 1.82) is 0 Å². The minimum Gasteiger partial charge on any atom is -0.348 e. The van der Waals surface area contributed by atoms with Crippen molar-refractivity contribution in [2.75, 3.05) is 13.6 Å². The summed E-state index contributed by atoms with van der Waals surface area (Å²) in [6, 6.07) is 0. The maximum Gasteiger partial charge on any atom is 0.332 e. The number of fused-ring (bicyclic) bond motifs is 1. The van der Waals surface area contributed by atoms with Crippen molar-refractivity contribution in [2.45, 2.75) is 6.54 Å². The number of rotatable bonds is 5. The summed E-state index contributed by atoms with van der Waals surface area (Å²) in [4.78, 5) is 44.4. The molecule has 0 radical (unpaired) electrons. The Morgan fingerprint density at radius 1 is 1.42 bits per heavy atom. The van der Waals surface area contributed by atoms with Gasteiger partial charge in [-0.1, -0.05) is 18.3 Å². The average molecular weight is 350 g/mol. The molecule has 0 aromatic carbocycles. The van der Waals surface area contributed by atoms with E-state index in [4.69, 9.17) is 0 Å². The van der Waals surface area contributed by atoms with Gasteiger partial charge >= 0.3 is 5.69 Å². The second kappa shape index (κ2) is 7.30. The number of amides is 1. The van der Waals surface area contributed by atoms with Crippen LogP contribution in [0, 0.1) is 0 Å². The molecule has 0 fully saturated rings. The molecule has 24 heavy (non-hydrogen) atoms. The number of aliphatic imine (C=N–C) groups is 1. The molecule has 0 aliphatic carbocycles. The van der Waals surface area contributed by atoms with Crippen LogP contribution in [0.4, 0.5) is 0 Å². The minimum absolute atomic E-state index is 0.0836. The second-order valence-electron chi connectivity index (χ2n) is 4.93. The van der Waals surface area contributed by atoms with Crippen LogP contribution in [-0.4, -0.2) is 43.2 Å². The van der Waals surface area contributed by atoms with Gasteiger partial charge in [-0.25, -0.2) is 9.78 Å². The standard InChI is InChI=1S/C14H18N6O3S/c1-5-24-10(15-2)6-16-9(21)7-20-8-17-12-11(20)13(22)19(4)14(23)18(12)3/h5,8H,1,6-7H2,2-4H3,(H,16,21)/b15-10-. The molecule has 2 aromatic heterocycles. The summed E-state index contributed by atoms with van der Waals surface area (Å²) < 4.78 is 3.69. The summed E-state index contributed by atoms with van der Waals surface area (Å²) in [6.45, 7) is 3.79. The first-order chi connectivity index (χ1) is 11.4. The zero-order valence-corrected chi connectivity index (χ0v) is 14.5. The van der Waals surface area contributed by atoms with Crippen LogP contribution in [0.25, 0.3) is 11.2 Å². The third-order valence-electron chi connectivity index (χ3n) is 3.44. The third-order valence-corrected chi connectivity index (χ3v) is 4.20.